The number of carbonyl (C=O) groups is 1. The van der Waals surface area contributed by atoms with Crippen molar-refractivity contribution in [3.8, 4) is 0 Å². The van der Waals surface area contributed by atoms with Gasteiger partial charge in [-0.25, -0.2) is 4.39 Å². The van der Waals surface area contributed by atoms with Crippen molar-refractivity contribution in [3.63, 3.8) is 0 Å². The van der Waals surface area contributed by atoms with Gasteiger partial charge >= 0.3 is 0 Å². The fraction of sp³-hybridized carbons (Fsp3) is 0.357. The monoisotopic (exact) mass is 341 g/mol. The van der Waals surface area contributed by atoms with Gasteiger partial charge in [0.2, 0.25) is 11.8 Å². The highest BCUT2D eigenvalue weighted by atomic mass is 32.2. The molecular formula is C14H16FN3O2S2. The van der Waals surface area contributed by atoms with E-state index in [1.807, 2.05) is 6.26 Å². The molecule has 1 heterocycles. The number of nitrogens with zero attached hydrogens (tertiary/aromatic N) is 2. The molecule has 0 spiro atoms. The molecule has 1 N–H and O–H groups in total. The molecule has 2 aromatic rings. The van der Waals surface area contributed by atoms with Crippen LogP contribution >= 0.6 is 23.5 Å². The Morgan fingerprint density at radius 3 is 2.95 bits per heavy atom. The van der Waals surface area contributed by atoms with Crippen LogP contribution in [0.25, 0.3) is 0 Å². The zero-order valence-corrected chi connectivity index (χ0v) is 13.9. The maximum atomic E-state index is 13.1. The Labute approximate surface area is 136 Å². The predicted molar refractivity (Wildman–Crippen MR) is 85.2 cm³/mol. The molecule has 0 saturated heterocycles. The van der Waals surface area contributed by atoms with Crippen molar-refractivity contribution < 1.29 is 13.6 Å². The Morgan fingerprint density at radius 1 is 1.41 bits per heavy atom. The molecule has 0 atom stereocenters. The van der Waals surface area contributed by atoms with Gasteiger partial charge in [0.05, 0.1) is 11.5 Å². The summed E-state index contributed by atoms with van der Waals surface area (Å²) in [5.41, 5.74) is 1.42. The van der Waals surface area contributed by atoms with E-state index in [0.717, 1.165) is 5.56 Å². The minimum Gasteiger partial charge on any atom is -0.415 e. The minimum atomic E-state index is -0.247. The molecule has 118 valence electrons. The van der Waals surface area contributed by atoms with Crippen molar-refractivity contribution >= 4 is 29.4 Å². The zero-order valence-electron chi connectivity index (χ0n) is 12.3. The standard InChI is InChI=1S/C14H16FN3O2S2/c1-9-5-10(3-4-11(9)15)6-16-12(19)7-22-14-18-17-13(20-14)8-21-2/h3-5H,6-8H2,1-2H3,(H,16,19). The molecule has 8 heteroatoms. The quantitative estimate of drug-likeness (QED) is 0.781. The molecule has 1 aromatic heterocycles. The third-order valence-electron chi connectivity index (χ3n) is 2.75. The number of rotatable bonds is 7. The van der Waals surface area contributed by atoms with Crippen molar-refractivity contribution in [2.24, 2.45) is 0 Å². The average Bonchev–Trinajstić information content (AvgIpc) is 2.94. The van der Waals surface area contributed by atoms with Gasteiger partial charge in [0, 0.05) is 6.54 Å². The van der Waals surface area contributed by atoms with Crippen LogP contribution in [0, 0.1) is 12.7 Å². The molecule has 1 amide bonds. The molecule has 1 aromatic carbocycles. The van der Waals surface area contributed by atoms with Crippen molar-refractivity contribution in [2.75, 3.05) is 12.0 Å². The van der Waals surface area contributed by atoms with Crippen LogP contribution in [0.3, 0.4) is 0 Å². The zero-order chi connectivity index (χ0) is 15.9. The summed E-state index contributed by atoms with van der Waals surface area (Å²) in [6, 6.07) is 4.77. The summed E-state index contributed by atoms with van der Waals surface area (Å²) < 4.78 is 18.5. The summed E-state index contributed by atoms with van der Waals surface area (Å²) >= 11 is 2.78. The fourth-order valence-electron chi connectivity index (χ4n) is 1.67. The molecule has 0 radical (unpaired) electrons. The van der Waals surface area contributed by atoms with E-state index in [0.29, 0.717) is 29.0 Å². The summed E-state index contributed by atoms with van der Waals surface area (Å²) in [5, 5.41) is 10.9. The van der Waals surface area contributed by atoms with E-state index in [2.05, 4.69) is 15.5 Å². The minimum absolute atomic E-state index is 0.142. The Balaban J connectivity index is 1.76. The molecule has 0 fully saturated rings. The van der Waals surface area contributed by atoms with Gasteiger partial charge in [-0.3, -0.25) is 4.79 Å². The highest BCUT2D eigenvalue weighted by Crippen LogP contribution is 2.17. The Bertz CT molecular complexity index is 649. The highest BCUT2D eigenvalue weighted by Gasteiger charge is 2.09. The SMILES string of the molecule is CSCc1nnc(SCC(=O)NCc2ccc(F)c(C)c2)o1. The van der Waals surface area contributed by atoms with E-state index in [9.17, 15) is 9.18 Å². The number of nitrogens with one attached hydrogen (secondary N) is 1. The smallest absolute Gasteiger partial charge is 0.277 e. The topological polar surface area (TPSA) is 68.0 Å². The van der Waals surface area contributed by atoms with Crippen molar-refractivity contribution in [2.45, 2.75) is 24.4 Å². The van der Waals surface area contributed by atoms with Crippen molar-refractivity contribution in [1.82, 2.24) is 15.5 Å². The van der Waals surface area contributed by atoms with E-state index in [-0.39, 0.29) is 17.5 Å². The number of halogens is 1. The van der Waals surface area contributed by atoms with Crippen LogP contribution < -0.4 is 5.32 Å². The first-order chi connectivity index (χ1) is 10.6. The molecule has 0 aliphatic heterocycles. The molecule has 0 unspecified atom stereocenters. The van der Waals surface area contributed by atoms with Gasteiger partial charge in [-0.15, -0.1) is 10.2 Å². The van der Waals surface area contributed by atoms with Crippen LogP contribution in [-0.4, -0.2) is 28.1 Å². The number of amides is 1. The van der Waals surface area contributed by atoms with E-state index in [4.69, 9.17) is 4.42 Å². The van der Waals surface area contributed by atoms with Gasteiger partial charge in [-0.05, 0) is 30.4 Å². The lowest BCUT2D eigenvalue weighted by molar-refractivity contribution is -0.118. The molecule has 5 nitrogen and oxygen atoms in total. The normalized spacial score (nSPS) is 10.7. The second-order valence-electron chi connectivity index (χ2n) is 4.54. The van der Waals surface area contributed by atoms with Crippen LogP contribution in [0.15, 0.2) is 27.8 Å². The lowest BCUT2D eigenvalue weighted by Gasteiger charge is -2.05. The third kappa shape index (κ3) is 5.03. The summed E-state index contributed by atoms with van der Waals surface area (Å²) in [4.78, 5) is 11.8. The summed E-state index contributed by atoms with van der Waals surface area (Å²) in [6.45, 7) is 2.06. The van der Waals surface area contributed by atoms with Gasteiger partial charge in [-0.2, -0.15) is 11.8 Å². The number of aryl methyl sites for hydroxylation is 1. The van der Waals surface area contributed by atoms with Crippen LogP contribution in [0.2, 0.25) is 0 Å². The van der Waals surface area contributed by atoms with Crippen molar-refractivity contribution in [1.29, 1.82) is 0 Å². The molecule has 22 heavy (non-hydrogen) atoms. The van der Waals surface area contributed by atoms with Gasteiger partial charge in [-0.1, -0.05) is 23.9 Å². The lowest BCUT2D eigenvalue weighted by atomic mass is 10.1. The Kier molecular flexibility index (Phi) is 6.26. The maximum absolute atomic E-state index is 13.1. The molecule has 0 bridgehead atoms. The second kappa shape index (κ2) is 8.19. The number of thioether (sulfide) groups is 2. The number of aromatic nitrogens is 2. The van der Waals surface area contributed by atoms with E-state index in [1.54, 1.807) is 30.8 Å². The van der Waals surface area contributed by atoms with E-state index < -0.39 is 0 Å². The number of hydrogen-bond donors (Lipinski definition) is 1. The first-order valence-corrected chi connectivity index (χ1v) is 8.92. The number of benzene rings is 1. The maximum Gasteiger partial charge on any atom is 0.277 e. The second-order valence-corrected chi connectivity index (χ2v) is 6.34. The summed E-state index contributed by atoms with van der Waals surface area (Å²) in [5.74, 6) is 1.02. The number of carbonyl (C=O) groups excluding carboxylic acids is 1. The summed E-state index contributed by atoms with van der Waals surface area (Å²) in [7, 11) is 0. The molecule has 0 saturated carbocycles. The summed E-state index contributed by atoms with van der Waals surface area (Å²) in [6.07, 6.45) is 1.95. The van der Waals surface area contributed by atoms with Crippen LogP contribution in [-0.2, 0) is 17.1 Å². The van der Waals surface area contributed by atoms with E-state index >= 15 is 0 Å². The van der Waals surface area contributed by atoms with Gasteiger partial charge < -0.3 is 9.73 Å². The molecular weight excluding hydrogens is 325 g/mol. The van der Waals surface area contributed by atoms with Crippen LogP contribution in [0.5, 0.6) is 0 Å². The molecule has 2 rings (SSSR count). The fourth-order valence-corrected chi connectivity index (χ4v) is 2.65. The predicted octanol–water partition coefficient (Wildman–Crippen LogP) is 2.79. The molecule has 0 aliphatic rings. The Morgan fingerprint density at radius 2 is 2.23 bits per heavy atom. The lowest BCUT2D eigenvalue weighted by Crippen LogP contribution is -2.24. The Hall–Kier alpha value is -1.54. The highest BCUT2D eigenvalue weighted by molar-refractivity contribution is 7.99. The van der Waals surface area contributed by atoms with Crippen LogP contribution in [0.1, 0.15) is 17.0 Å². The van der Waals surface area contributed by atoms with Gasteiger partial charge in [0.1, 0.15) is 5.82 Å². The first kappa shape index (κ1) is 16.8. The van der Waals surface area contributed by atoms with Crippen LogP contribution in [0.4, 0.5) is 4.39 Å². The largest absolute Gasteiger partial charge is 0.415 e. The number of hydrogen-bond acceptors (Lipinski definition) is 6. The molecule has 0 aliphatic carbocycles. The van der Waals surface area contributed by atoms with E-state index in [1.165, 1.54) is 17.8 Å². The van der Waals surface area contributed by atoms with Gasteiger partial charge in [0.25, 0.3) is 5.22 Å². The average molecular weight is 341 g/mol. The first-order valence-electron chi connectivity index (χ1n) is 6.54. The van der Waals surface area contributed by atoms with Gasteiger partial charge in [0.15, 0.2) is 0 Å². The third-order valence-corrected chi connectivity index (χ3v) is 4.11. The van der Waals surface area contributed by atoms with Crippen molar-refractivity contribution in [3.05, 3.63) is 41.0 Å².